The lowest BCUT2D eigenvalue weighted by molar-refractivity contribution is -0.142. The van der Waals surface area contributed by atoms with Crippen molar-refractivity contribution in [1.29, 1.82) is 0 Å². The molecule has 3 heterocycles. The molecule has 2 atom stereocenters. The number of fused-ring (bicyclic) bond motifs is 1. The molecule has 4 rings (SSSR count). The van der Waals surface area contributed by atoms with E-state index in [1.54, 1.807) is 0 Å². The van der Waals surface area contributed by atoms with Crippen LogP contribution >= 0.6 is 24.0 Å². The molecule has 1 aromatic rings. The molecule has 0 bridgehead atoms. The van der Waals surface area contributed by atoms with Crippen LogP contribution in [-0.2, 0) is 22.5 Å². The van der Waals surface area contributed by atoms with E-state index < -0.39 is 6.10 Å². The van der Waals surface area contributed by atoms with Gasteiger partial charge >= 0.3 is 0 Å². The van der Waals surface area contributed by atoms with E-state index in [-0.39, 0.29) is 36.0 Å². The molecule has 9 heteroatoms. The van der Waals surface area contributed by atoms with E-state index >= 15 is 0 Å². The van der Waals surface area contributed by atoms with Gasteiger partial charge in [0, 0.05) is 59.0 Å². The molecule has 0 radical (unpaired) electrons. The second kappa shape index (κ2) is 12.9. The Morgan fingerprint density at radius 1 is 1.18 bits per heavy atom. The minimum atomic E-state index is -0.503. The number of carbonyl (C=O) groups is 1. The number of aliphatic imine (C=N–C) groups is 1. The van der Waals surface area contributed by atoms with Gasteiger partial charge in [-0.3, -0.25) is 14.7 Å². The summed E-state index contributed by atoms with van der Waals surface area (Å²) < 4.78 is 5.55. The second-order valence-corrected chi connectivity index (χ2v) is 8.92. The Hall–Kier alpha value is -1.43. The van der Waals surface area contributed by atoms with Crippen LogP contribution < -0.4 is 5.32 Å². The number of piperazine rings is 1. The third kappa shape index (κ3) is 7.03. The molecular weight excluding hydrogens is 533 g/mol. The zero-order valence-electron chi connectivity index (χ0n) is 19.6. The van der Waals surface area contributed by atoms with Gasteiger partial charge in [-0.15, -0.1) is 24.0 Å². The highest BCUT2D eigenvalue weighted by molar-refractivity contribution is 14.0. The number of rotatable bonds is 6. The van der Waals surface area contributed by atoms with Crippen molar-refractivity contribution in [3.63, 3.8) is 0 Å². The van der Waals surface area contributed by atoms with Gasteiger partial charge in [-0.25, -0.2) is 0 Å². The van der Waals surface area contributed by atoms with E-state index in [4.69, 9.17) is 9.73 Å². The number of ether oxygens (including phenoxy) is 1. The molecule has 2 saturated heterocycles. The number of amides is 1. The highest BCUT2D eigenvalue weighted by Crippen LogP contribution is 2.19. The maximum atomic E-state index is 12.6. The van der Waals surface area contributed by atoms with Gasteiger partial charge in [0.15, 0.2) is 5.96 Å². The van der Waals surface area contributed by atoms with E-state index in [1.807, 2.05) is 11.8 Å². The summed E-state index contributed by atoms with van der Waals surface area (Å²) in [7, 11) is 0. The number of hydrogen-bond donors (Lipinski definition) is 2. The lowest BCUT2D eigenvalue weighted by Crippen LogP contribution is -2.55. The summed E-state index contributed by atoms with van der Waals surface area (Å²) in [5, 5.41) is 14.0. The molecule has 8 nitrogen and oxygen atoms in total. The summed E-state index contributed by atoms with van der Waals surface area (Å²) in [6.07, 6.45) is 2.09. The fraction of sp³-hybridized carbons (Fsp3) is 0.667. The molecule has 0 spiro atoms. The number of β-amino-alcohol motifs (C(OH)–C–C–N with tert-alkyl or cyclic N) is 1. The van der Waals surface area contributed by atoms with Crippen LogP contribution in [0.15, 0.2) is 29.3 Å². The predicted octanol–water partition coefficient (Wildman–Crippen LogP) is 1.31. The molecule has 0 saturated carbocycles. The van der Waals surface area contributed by atoms with Crippen LogP contribution in [0.1, 0.15) is 30.9 Å². The fourth-order valence-electron chi connectivity index (χ4n) is 4.80. The molecule has 3 aliphatic rings. The summed E-state index contributed by atoms with van der Waals surface area (Å²) in [4.78, 5) is 23.7. The van der Waals surface area contributed by atoms with Gasteiger partial charge in [0.2, 0.25) is 0 Å². The Labute approximate surface area is 214 Å². The minimum absolute atomic E-state index is 0. The first-order chi connectivity index (χ1) is 15.6. The van der Waals surface area contributed by atoms with Crippen LogP contribution in [0.4, 0.5) is 0 Å². The summed E-state index contributed by atoms with van der Waals surface area (Å²) in [5.74, 6) is 0.947. The number of benzene rings is 1. The third-order valence-electron chi connectivity index (χ3n) is 6.56. The summed E-state index contributed by atoms with van der Waals surface area (Å²) in [5.41, 5.74) is 2.78. The van der Waals surface area contributed by atoms with Crippen molar-refractivity contribution in [2.45, 2.75) is 44.9 Å². The van der Waals surface area contributed by atoms with Crippen LogP contribution in [0.2, 0.25) is 0 Å². The van der Waals surface area contributed by atoms with Crippen molar-refractivity contribution in [3.8, 4) is 0 Å². The topological polar surface area (TPSA) is 80.6 Å². The number of aliphatic hydroxyl groups is 1. The summed E-state index contributed by atoms with van der Waals surface area (Å²) in [6.45, 7) is 9.21. The number of guanidine groups is 1. The SMILES string of the molecule is CCNC(=NCC(O)CN1CCc2ccccc2C1)N1CCN(C(=O)C2CCCO2)CC1.I. The van der Waals surface area contributed by atoms with Crippen LogP contribution in [0.3, 0.4) is 0 Å². The number of carbonyl (C=O) groups excluding carboxylic acids is 1. The number of aliphatic hydroxyl groups excluding tert-OH is 1. The smallest absolute Gasteiger partial charge is 0.251 e. The average Bonchev–Trinajstić information content (AvgIpc) is 3.36. The zero-order chi connectivity index (χ0) is 22.3. The van der Waals surface area contributed by atoms with Gasteiger partial charge in [0.25, 0.3) is 5.91 Å². The van der Waals surface area contributed by atoms with Crippen molar-refractivity contribution < 1.29 is 14.6 Å². The molecule has 1 amide bonds. The second-order valence-electron chi connectivity index (χ2n) is 8.92. The summed E-state index contributed by atoms with van der Waals surface area (Å²) >= 11 is 0. The molecule has 1 aromatic carbocycles. The Morgan fingerprint density at radius 2 is 1.91 bits per heavy atom. The van der Waals surface area contributed by atoms with Gasteiger partial charge in [0.05, 0.1) is 12.6 Å². The normalized spacial score (nSPS) is 22.5. The van der Waals surface area contributed by atoms with Crippen molar-refractivity contribution in [1.82, 2.24) is 20.0 Å². The van der Waals surface area contributed by atoms with Crippen molar-refractivity contribution in [2.75, 3.05) is 59.0 Å². The van der Waals surface area contributed by atoms with E-state index in [0.29, 0.717) is 32.8 Å². The molecule has 2 N–H and O–H groups in total. The highest BCUT2D eigenvalue weighted by atomic mass is 127. The highest BCUT2D eigenvalue weighted by Gasteiger charge is 2.31. The number of nitrogens with one attached hydrogen (secondary N) is 1. The lowest BCUT2D eigenvalue weighted by atomic mass is 10.00. The zero-order valence-corrected chi connectivity index (χ0v) is 21.9. The van der Waals surface area contributed by atoms with Gasteiger partial charge in [-0.2, -0.15) is 0 Å². The van der Waals surface area contributed by atoms with Crippen LogP contribution in [0, 0.1) is 0 Å². The first kappa shape index (κ1) is 26.2. The largest absolute Gasteiger partial charge is 0.390 e. The number of nitrogens with zero attached hydrogens (tertiary/aromatic N) is 4. The van der Waals surface area contributed by atoms with Crippen molar-refractivity contribution >= 4 is 35.8 Å². The van der Waals surface area contributed by atoms with Gasteiger partial charge in [-0.05, 0) is 37.3 Å². The fourth-order valence-corrected chi connectivity index (χ4v) is 4.80. The monoisotopic (exact) mass is 571 g/mol. The molecule has 2 unspecified atom stereocenters. The van der Waals surface area contributed by atoms with Gasteiger partial charge in [-0.1, -0.05) is 24.3 Å². The Kier molecular flexibility index (Phi) is 10.2. The summed E-state index contributed by atoms with van der Waals surface area (Å²) in [6, 6.07) is 8.56. The number of halogens is 1. The molecule has 2 fully saturated rings. The molecular formula is C24H38IN5O3. The Bertz CT molecular complexity index is 794. The molecule has 184 valence electrons. The molecule has 3 aliphatic heterocycles. The maximum absolute atomic E-state index is 12.6. The van der Waals surface area contributed by atoms with E-state index in [2.05, 4.69) is 39.4 Å². The predicted molar refractivity (Wildman–Crippen MR) is 140 cm³/mol. The van der Waals surface area contributed by atoms with Crippen molar-refractivity contribution in [2.24, 2.45) is 4.99 Å². The number of hydrogen-bond acceptors (Lipinski definition) is 5. The van der Waals surface area contributed by atoms with Gasteiger partial charge in [0.1, 0.15) is 6.10 Å². The molecule has 0 aliphatic carbocycles. The lowest BCUT2D eigenvalue weighted by Gasteiger charge is -2.37. The van der Waals surface area contributed by atoms with Crippen LogP contribution in [0.5, 0.6) is 0 Å². The van der Waals surface area contributed by atoms with E-state index in [1.165, 1.54) is 11.1 Å². The van der Waals surface area contributed by atoms with Crippen LogP contribution in [0.25, 0.3) is 0 Å². The minimum Gasteiger partial charge on any atom is -0.390 e. The molecule has 33 heavy (non-hydrogen) atoms. The quantitative estimate of drug-likeness (QED) is 0.305. The van der Waals surface area contributed by atoms with E-state index in [0.717, 1.165) is 57.9 Å². The standard InChI is InChI=1S/C24H37N5O3.HI/c1-2-25-24(29-13-11-28(12-14-29)23(31)22-8-5-15-32-22)26-16-21(30)18-27-10-9-19-6-3-4-7-20(19)17-27;/h3-4,6-7,21-22,30H,2,5,8-18H2,1H3,(H,25,26);1H. The average molecular weight is 572 g/mol. The van der Waals surface area contributed by atoms with Crippen LogP contribution in [-0.4, -0.2) is 103 Å². The molecule has 0 aromatic heterocycles. The first-order valence-electron chi connectivity index (χ1n) is 12.0. The first-order valence-corrected chi connectivity index (χ1v) is 12.0. The van der Waals surface area contributed by atoms with Gasteiger partial charge < -0.3 is 25.0 Å². The van der Waals surface area contributed by atoms with E-state index in [9.17, 15) is 9.90 Å². The Balaban J connectivity index is 0.00000306. The van der Waals surface area contributed by atoms with Crippen molar-refractivity contribution in [3.05, 3.63) is 35.4 Å². The maximum Gasteiger partial charge on any atom is 0.251 e. The Morgan fingerprint density at radius 3 is 2.61 bits per heavy atom. The third-order valence-corrected chi connectivity index (χ3v) is 6.56.